The molecule has 0 amide bonds. The number of hydrogen-bond acceptors (Lipinski definition) is 3. The van der Waals surface area contributed by atoms with Gasteiger partial charge in [0.2, 0.25) is 0 Å². The first kappa shape index (κ1) is 10.4. The fraction of sp³-hybridized carbons (Fsp3) is 0.167. The number of aldehydes is 1. The van der Waals surface area contributed by atoms with Gasteiger partial charge < -0.3 is 14.5 Å². The Morgan fingerprint density at radius 1 is 1.38 bits per heavy atom. The molecule has 0 bridgehead atoms. The monoisotopic (exact) mass is 217 g/mol. The Morgan fingerprint density at radius 3 is 2.81 bits per heavy atom. The normalized spacial score (nSPS) is 10.3. The highest BCUT2D eigenvalue weighted by Crippen LogP contribution is 2.25. The molecule has 0 fully saturated rings. The molecule has 2 rings (SSSR count). The van der Waals surface area contributed by atoms with Crippen LogP contribution in [0.15, 0.2) is 29.1 Å². The van der Waals surface area contributed by atoms with E-state index in [-0.39, 0.29) is 12.0 Å². The number of pyridine rings is 1. The maximum absolute atomic E-state index is 11.7. The number of benzene rings is 1. The third-order valence-electron chi connectivity index (χ3n) is 2.46. The molecule has 0 spiro atoms. The molecule has 0 aliphatic carbocycles. The minimum absolute atomic E-state index is 0.0589. The number of hydrogen-bond donors (Lipinski definition) is 1. The van der Waals surface area contributed by atoms with E-state index in [2.05, 4.69) is 4.98 Å². The third kappa shape index (κ3) is 1.58. The van der Waals surface area contributed by atoms with Crippen LogP contribution in [0.4, 0.5) is 0 Å². The number of H-pyrrole nitrogens is 1. The molecule has 16 heavy (non-hydrogen) atoms. The van der Waals surface area contributed by atoms with E-state index in [0.717, 1.165) is 5.39 Å². The van der Waals surface area contributed by atoms with E-state index in [0.29, 0.717) is 23.1 Å². The van der Waals surface area contributed by atoms with Crippen molar-refractivity contribution >= 4 is 17.2 Å². The van der Waals surface area contributed by atoms with Gasteiger partial charge in [-0.3, -0.25) is 4.79 Å². The first-order valence-corrected chi connectivity index (χ1v) is 4.89. The highest BCUT2D eigenvalue weighted by atomic mass is 16.5. The largest absolute Gasteiger partial charge is 0.496 e. The maximum atomic E-state index is 11.7. The molecule has 1 aromatic heterocycles. The van der Waals surface area contributed by atoms with Crippen molar-refractivity contribution in [2.24, 2.45) is 0 Å². The summed E-state index contributed by atoms with van der Waals surface area (Å²) in [6, 6.07) is 7.33. The first-order chi connectivity index (χ1) is 7.77. The van der Waals surface area contributed by atoms with Crippen molar-refractivity contribution in [3.8, 4) is 5.75 Å². The molecule has 0 saturated heterocycles. The van der Waals surface area contributed by atoms with E-state index < -0.39 is 0 Å². The number of aromatic nitrogens is 1. The Morgan fingerprint density at radius 2 is 2.12 bits per heavy atom. The number of nitrogens with one attached hydrogen (secondary N) is 1. The van der Waals surface area contributed by atoms with Crippen molar-refractivity contribution in [2.75, 3.05) is 7.11 Å². The molecular weight excluding hydrogens is 206 g/mol. The lowest BCUT2D eigenvalue weighted by atomic mass is 10.1. The Hall–Kier alpha value is -2.10. The van der Waals surface area contributed by atoms with Crippen LogP contribution in [-0.2, 0) is 11.2 Å². The summed E-state index contributed by atoms with van der Waals surface area (Å²) >= 11 is 0. The smallest absolute Gasteiger partial charge is 0.255 e. The second-order valence-corrected chi connectivity index (χ2v) is 3.38. The summed E-state index contributed by atoms with van der Waals surface area (Å²) in [5.74, 6) is 0.478. The van der Waals surface area contributed by atoms with E-state index in [4.69, 9.17) is 4.74 Å². The molecule has 0 aliphatic rings. The van der Waals surface area contributed by atoms with Crippen molar-refractivity contribution in [3.63, 3.8) is 0 Å². The molecule has 1 aromatic carbocycles. The van der Waals surface area contributed by atoms with E-state index in [9.17, 15) is 9.59 Å². The summed E-state index contributed by atoms with van der Waals surface area (Å²) in [6.07, 6.45) is 0.755. The molecule has 0 saturated carbocycles. The first-order valence-electron chi connectivity index (χ1n) is 4.89. The molecule has 0 radical (unpaired) electrons. The summed E-state index contributed by atoms with van der Waals surface area (Å²) in [4.78, 5) is 25.0. The van der Waals surface area contributed by atoms with Gasteiger partial charge in [0.05, 0.1) is 18.2 Å². The number of ether oxygens (including phenoxy) is 1. The lowest BCUT2D eigenvalue weighted by Gasteiger charge is -2.08. The molecule has 0 aliphatic heterocycles. The van der Waals surface area contributed by atoms with Crippen LogP contribution in [0.3, 0.4) is 0 Å². The van der Waals surface area contributed by atoms with Gasteiger partial charge in [0.1, 0.15) is 12.0 Å². The van der Waals surface area contributed by atoms with Crippen molar-refractivity contribution in [3.05, 3.63) is 40.2 Å². The quantitative estimate of drug-likeness (QED) is 0.788. The molecule has 0 unspecified atom stereocenters. The molecule has 4 heteroatoms. The third-order valence-corrected chi connectivity index (χ3v) is 2.46. The van der Waals surface area contributed by atoms with Crippen molar-refractivity contribution < 1.29 is 9.53 Å². The summed E-state index contributed by atoms with van der Waals surface area (Å²) in [7, 11) is 1.50. The zero-order valence-electron chi connectivity index (χ0n) is 8.82. The van der Waals surface area contributed by atoms with Crippen LogP contribution in [0.2, 0.25) is 0 Å². The number of carbonyl (C=O) groups is 1. The second kappa shape index (κ2) is 4.18. The van der Waals surface area contributed by atoms with Gasteiger partial charge in [0.15, 0.2) is 0 Å². The number of rotatable bonds is 3. The Labute approximate surface area is 91.9 Å². The van der Waals surface area contributed by atoms with E-state index >= 15 is 0 Å². The predicted molar refractivity (Wildman–Crippen MR) is 60.9 cm³/mol. The topological polar surface area (TPSA) is 59.2 Å². The van der Waals surface area contributed by atoms with Gasteiger partial charge in [0.25, 0.3) is 5.56 Å². The zero-order chi connectivity index (χ0) is 11.5. The fourth-order valence-electron chi connectivity index (χ4n) is 1.76. The lowest BCUT2D eigenvalue weighted by molar-refractivity contribution is -0.107. The van der Waals surface area contributed by atoms with Gasteiger partial charge in [-0.25, -0.2) is 0 Å². The number of methoxy groups -OCH3 is 1. The molecule has 82 valence electrons. The SMILES string of the molecule is COc1c(CC=O)c(=O)[nH]c2ccccc12. The highest BCUT2D eigenvalue weighted by Gasteiger charge is 2.11. The minimum Gasteiger partial charge on any atom is -0.496 e. The van der Waals surface area contributed by atoms with Gasteiger partial charge >= 0.3 is 0 Å². The summed E-state index contributed by atoms with van der Waals surface area (Å²) in [5, 5.41) is 0.807. The molecule has 1 heterocycles. The Balaban J connectivity index is 2.84. The number of fused-ring (bicyclic) bond motifs is 1. The fourth-order valence-corrected chi connectivity index (χ4v) is 1.76. The Kier molecular flexibility index (Phi) is 2.72. The molecule has 1 N–H and O–H groups in total. The highest BCUT2D eigenvalue weighted by molar-refractivity contribution is 5.86. The molecule has 4 nitrogen and oxygen atoms in total. The zero-order valence-corrected chi connectivity index (χ0v) is 8.82. The maximum Gasteiger partial charge on any atom is 0.255 e. The summed E-state index contributed by atoms with van der Waals surface area (Å²) in [6.45, 7) is 0. The van der Waals surface area contributed by atoms with Crippen LogP contribution in [0, 0.1) is 0 Å². The van der Waals surface area contributed by atoms with Gasteiger partial charge in [0, 0.05) is 11.8 Å². The van der Waals surface area contributed by atoms with Crippen LogP contribution < -0.4 is 10.3 Å². The second-order valence-electron chi connectivity index (χ2n) is 3.38. The van der Waals surface area contributed by atoms with Crippen molar-refractivity contribution in [1.29, 1.82) is 0 Å². The molecule has 0 atom stereocenters. The average Bonchev–Trinajstić information content (AvgIpc) is 2.30. The van der Waals surface area contributed by atoms with Crippen molar-refractivity contribution in [2.45, 2.75) is 6.42 Å². The van der Waals surface area contributed by atoms with E-state index in [1.54, 1.807) is 6.07 Å². The standard InChI is InChI=1S/C12H11NO3/c1-16-11-8-4-2-3-5-10(8)13-12(15)9(11)6-7-14/h2-5,7H,6H2,1H3,(H,13,15). The van der Waals surface area contributed by atoms with Crippen LogP contribution in [0.1, 0.15) is 5.56 Å². The van der Waals surface area contributed by atoms with Crippen molar-refractivity contribution in [1.82, 2.24) is 4.98 Å². The number of carbonyl (C=O) groups excluding carboxylic acids is 1. The Bertz CT molecular complexity index is 586. The lowest BCUT2D eigenvalue weighted by Crippen LogP contribution is -2.15. The molecule has 2 aromatic rings. The molecular formula is C12H11NO3. The van der Waals surface area contributed by atoms with E-state index in [1.807, 2.05) is 18.2 Å². The van der Waals surface area contributed by atoms with Gasteiger partial charge in [-0.2, -0.15) is 0 Å². The van der Waals surface area contributed by atoms with E-state index in [1.165, 1.54) is 7.11 Å². The average molecular weight is 217 g/mol. The minimum atomic E-state index is -0.275. The van der Waals surface area contributed by atoms with Crippen LogP contribution >= 0.6 is 0 Å². The van der Waals surface area contributed by atoms with Crippen LogP contribution in [0.5, 0.6) is 5.75 Å². The number of aromatic amines is 1. The van der Waals surface area contributed by atoms with Gasteiger partial charge in [-0.1, -0.05) is 12.1 Å². The summed E-state index contributed by atoms with van der Waals surface area (Å²) in [5.41, 5.74) is 0.804. The van der Waals surface area contributed by atoms with Crippen LogP contribution in [-0.4, -0.2) is 18.4 Å². The van der Waals surface area contributed by atoms with Gasteiger partial charge in [-0.05, 0) is 12.1 Å². The predicted octanol–water partition coefficient (Wildman–Crippen LogP) is 1.28. The van der Waals surface area contributed by atoms with Gasteiger partial charge in [-0.15, -0.1) is 0 Å². The van der Waals surface area contributed by atoms with Crippen LogP contribution in [0.25, 0.3) is 10.9 Å². The summed E-state index contributed by atoms with van der Waals surface area (Å²) < 4.78 is 5.21. The number of para-hydroxylation sites is 1.